The standard InChI is InChI=1S/C26H29NO3/c1-29-25-15-9-8-14-23(25)26(28,22-12-6-3-7-13-22)24(21-10-4-2-5-11-21)20-27-16-18-30-19-17-27/h2-15,24,28H,16-20H2,1H3/t24-,26-/m0/s1. The van der Waals surface area contributed by atoms with Crippen molar-refractivity contribution in [2.24, 2.45) is 0 Å². The van der Waals surface area contributed by atoms with E-state index in [0.29, 0.717) is 5.75 Å². The van der Waals surface area contributed by atoms with E-state index in [0.717, 1.165) is 49.5 Å². The molecule has 4 nitrogen and oxygen atoms in total. The normalized spacial score (nSPS) is 17.8. The highest BCUT2D eigenvalue weighted by Crippen LogP contribution is 2.46. The third-order valence-corrected chi connectivity index (χ3v) is 5.98. The number of benzene rings is 3. The first kappa shape index (κ1) is 20.6. The van der Waals surface area contributed by atoms with Gasteiger partial charge >= 0.3 is 0 Å². The summed E-state index contributed by atoms with van der Waals surface area (Å²) in [6.45, 7) is 3.89. The Kier molecular flexibility index (Phi) is 6.48. The summed E-state index contributed by atoms with van der Waals surface area (Å²) in [6.07, 6.45) is 0. The number of nitrogens with zero attached hydrogens (tertiary/aromatic N) is 1. The number of morpholine rings is 1. The predicted molar refractivity (Wildman–Crippen MR) is 119 cm³/mol. The van der Waals surface area contributed by atoms with Gasteiger partial charge in [-0.3, -0.25) is 4.90 Å². The summed E-state index contributed by atoms with van der Waals surface area (Å²) < 4.78 is 11.2. The summed E-state index contributed by atoms with van der Waals surface area (Å²) in [5, 5.41) is 12.6. The number of rotatable bonds is 7. The lowest BCUT2D eigenvalue weighted by molar-refractivity contribution is -0.000134. The summed E-state index contributed by atoms with van der Waals surface area (Å²) in [6, 6.07) is 28.0. The van der Waals surface area contributed by atoms with Crippen molar-refractivity contribution in [1.29, 1.82) is 0 Å². The van der Waals surface area contributed by atoms with Gasteiger partial charge in [-0.1, -0.05) is 78.9 Å². The van der Waals surface area contributed by atoms with E-state index in [1.54, 1.807) is 7.11 Å². The molecule has 1 N–H and O–H groups in total. The number of hydrogen-bond donors (Lipinski definition) is 1. The van der Waals surface area contributed by atoms with Gasteiger partial charge in [0.1, 0.15) is 11.4 Å². The summed E-state index contributed by atoms with van der Waals surface area (Å²) in [5.74, 6) is 0.502. The van der Waals surface area contributed by atoms with Gasteiger partial charge in [0, 0.05) is 31.1 Å². The van der Waals surface area contributed by atoms with Crippen LogP contribution in [-0.2, 0) is 10.3 Å². The molecule has 1 aliphatic rings. The Morgan fingerprint density at radius 3 is 2.17 bits per heavy atom. The second-order valence-corrected chi connectivity index (χ2v) is 7.71. The number of ether oxygens (including phenoxy) is 2. The Bertz CT molecular complexity index is 925. The molecule has 0 unspecified atom stereocenters. The molecule has 1 heterocycles. The third-order valence-electron chi connectivity index (χ3n) is 5.98. The van der Waals surface area contributed by atoms with E-state index >= 15 is 0 Å². The van der Waals surface area contributed by atoms with Crippen LogP contribution in [0.25, 0.3) is 0 Å². The van der Waals surface area contributed by atoms with Crippen molar-refractivity contribution in [2.45, 2.75) is 11.5 Å². The minimum absolute atomic E-state index is 0.185. The molecule has 0 spiro atoms. The maximum Gasteiger partial charge on any atom is 0.126 e. The lowest BCUT2D eigenvalue weighted by Gasteiger charge is -2.41. The van der Waals surface area contributed by atoms with Crippen molar-refractivity contribution in [2.75, 3.05) is 40.0 Å². The van der Waals surface area contributed by atoms with Crippen molar-refractivity contribution < 1.29 is 14.6 Å². The van der Waals surface area contributed by atoms with Crippen LogP contribution in [-0.4, -0.2) is 50.0 Å². The van der Waals surface area contributed by atoms with Crippen LogP contribution in [0.2, 0.25) is 0 Å². The molecule has 0 radical (unpaired) electrons. The first-order chi connectivity index (χ1) is 14.7. The van der Waals surface area contributed by atoms with Gasteiger partial charge in [0.25, 0.3) is 0 Å². The van der Waals surface area contributed by atoms with E-state index in [9.17, 15) is 5.11 Å². The van der Waals surface area contributed by atoms with Crippen LogP contribution in [0.1, 0.15) is 22.6 Å². The molecule has 0 amide bonds. The van der Waals surface area contributed by atoms with E-state index in [4.69, 9.17) is 9.47 Å². The first-order valence-electron chi connectivity index (χ1n) is 10.5. The highest BCUT2D eigenvalue weighted by molar-refractivity contribution is 5.48. The largest absolute Gasteiger partial charge is 0.496 e. The van der Waals surface area contributed by atoms with Crippen LogP contribution in [0.3, 0.4) is 0 Å². The fraction of sp³-hybridized carbons (Fsp3) is 0.308. The molecule has 1 fully saturated rings. The molecule has 2 atom stereocenters. The van der Waals surface area contributed by atoms with Crippen LogP contribution in [0.5, 0.6) is 5.75 Å². The maximum atomic E-state index is 12.6. The Morgan fingerprint density at radius 2 is 1.50 bits per heavy atom. The topological polar surface area (TPSA) is 41.9 Å². The number of para-hydroxylation sites is 1. The van der Waals surface area contributed by atoms with Crippen LogP contribution < -0.4 is 4.74 Å². The molecule has 1 saturated heterocycles. The lowest BCUT2D eigenvalue weighted by Crippen LogP contribution is -2.45. The van der Waals surface area contributed by atoms with Gasteiger partial charge in [-0.05, 0) is 17.2 Å². The van der Waals surface area contributed by atoms with Crippen molar-refractivity contribution in [3.63, 3.8) is 0 Å². The molecule has 4 heteroatoms. The number of methoxy groups -OCH3 is 1. The fourth-order valence-electron chi connectivity index (χ4n) is 4.40. The Hall–Kier alpha value is -2.66. The zero-order chi connectivity index (χ0) is 20.8. The Labute approximate surface area is 178 Å². The third kappa shape index (κ3) is 4.12. The van der Waals surface area contributed by atoms with Gasteiger partial charge < -0.3 is 14.6 Å². The van der Waals surface area contributed by atoms with Gasteiger partial charge in [0.05, 0.1) is 20.3 Å². The molecule has 1 aliphatic heterocycles. The molecule has 3 aromatic carbocycles. The minimum Gasteiger partial charge on any atom is -0.496 e. The van der Waals surface area contributed by atoms with Gasteiger partial charge in [-0.2, -0.15) is 0 Å². The highest BCUT2D eigenvalue weighted by Gasteiger charge is 2.43. The highest BCUT2D eigenvalue weighted by atomic mass is 16.5. The fourth-order valence-corrected chi connectivity index (χ4v) is 4.40. The molecule has 0 aliphatic carbocycles. The molecular weight excluding hydrogens is 374 g/mol. The van der Waals surface area contributed by atoms with Crippen molar-refractivity contribution in [3.8, 4) is 5.75 Å². The predicted octanol–water partition coefficient (Wildman–Crippen LogP) is 4.05. The molecule has 30 heavy (non-hydrogen) atoms. The van der Waals surface area contributed by atoms with Gasteiger partial charge in [-0.15, -0.1) is 0 Å². The number of hydrogen-bond acceptors (Lipinski definition) is 4. The van der Waals surface area contributed by atoms with Crippen molar-refractivity contribution in [1.82, 2.24) is 4.90 Å². The second kappa shape index (κ2) is 9.43. The van der Waals surface area contributed by atoms with Gasteiger partial charge in [0.15, 0.2) is 0 Å². The smallest absolute Gasteiger partial charge is 0.126 e. The minimum atomic E-state index is -1.26. The maximum absolute atomic E-state index is 12.6. The summed E-state index contributed by atoms with van der Waals surface area (Å²) in [7, 11) is 1.66. The monoisotopic (exact) mass is 403 g/mol. The van der Waals surface area contributed by atoms with E-state index in [-0.39, 0.29) is 5.92 Å². The van der Waals surface area contributed by atoms with Crippen LogP contribution >= 0.6 is 0 Å². The summed E-state index contributed by atoms with van der Waals surface area (Å²) in [4.78, 5) is 2.38. The summed E-state index contributed by atoms with van der Waals surface area (Å²) in [5.41, 5.74) is 1.48. The Balaban J connectivity index is 1.89. The SMILES string of the molecule is COc1ccccc1[C@@](O)(c1ccccc1)[C@@H](CN1CCOCC1)c1ccccc1. The van der Waals surface area contributed by atoms with Crippen LogP contribution in [0, 0.1) is 0 Å². The number of aliphatic hydroxyl groups is 1. The van der Waals surface area contributed by atoms with E-state index < -0.39 is 5.60 Å². The van der Waals surface area contributed by atoms with Crippen molar-refractivity contribution in [3.05, 3.63) is 102 Å². The van der Waals surface area contributed by atoms with E-state index in [2.05, 4.69) is 17.0 Å². The van der Waals surface area contributed by atoms with E-state index in [1.807, 2.05) is 72.8 Å². The summed E-state index contributed by atoms with van der Waals surface area (Å²) >= 11 is 0. The average molecular weight is 404 g/mol. The van der Waals surface area contributed by atoms with Crippen molar-refractivity contribution >= 4 is 0 Å². The zero-order valence-corrected chi connectivity index (χ0v) is 17.4. The molecule has 0 aromatic heterocycles. The quantitative estimate of drug-likeness (QED) is 0.646. The van der Waals surface area contributed by atoms with Gasteiger partial charge in [-0.25, -0.2) is 0 Å². The molecule has 0 bridgehead atoms. The molecule has 156 valence electrons. The van der Waals surface area contributed by atoms with Crippen LogP contribution in [0.15, 0.2) is 84.9 Å². The molecule has 0 saturated carbocycles. The molecule has 3 aromatic rings. The molecular formula is C26H29NO3. The van der Waals surface area contributed by atoms with Crippen LogP contribution in [0.4, 0.5) is 0 Å². The lowest BCUT2D eigenvalue weighted by atomic mass is 9.72. The molecule has 4 rings (SSSR count). The Morgan fingerprint density at radius 1 is 0.900 bits per heavy atom. The second-order valence-electron chi connectivity index (χ2n) is 7.71. The zero-order valence-electron chi connectivity index (χ0n) is 17.4. The van der Waals surface area contributed by atoms with Gasteiger partial charge in [0.2, 0.25) is 0 Å². The average Bonchev–Trinajstić information content (AvgIpc) is 2.84. The first-order valence-corrected chi connectivity index (χ1v) is 10.5. The van der Waals surface area contributed by atoms with E-state index in [1.165, 1.54) is 0 Å².